The van der Waals surface area contributed by atoms with Crippen LogP contribution in [0.1, 0.15) is 52.9 Å². The molecule has 1 aliphatic carbocycles. The van der Waals surface area contributed by atoms with Gasteiger partial charge in [-0.2, -0.15) is 0 Å². The SMILES string of the molecule is CC(C)(C)[Si](C)(C)OC1(C=O)CCCCC1. The zero-order valence-electron chi connectivity index (χ0n) is 11.4. The fourth-order valence-corrected chi connectivity index (χ4v) is 3.63. The first-order valence-electron chi connectivity index (χ1n) is 6.39. The average molecular weight is 242 g/mol. The van der Waals surface area contributed by atoms with Gasteiger partial charge in [-0.1, -0.05) is 40.0 Å². The predicted molar refractivity (Wildman–Crippen MR) is 70.2 cm³/mol. The Hall–Kier alpha value is -0.153. The van der Waals surface area contributed by atoms with Gasteiger partial charge in [0, 0.05) is 0 Å². The van der Waals surface area contributed by atoms with Gasteiger partial charge in [-0.25, -0.2) is 0 Å². The third kappa shape index (κ3) is 2.95. The van der Waals surface area contributed by atoms with Crippen LogP contribution >= 0.6 is 0 Å². The molecule has 1 saturated carbocycles. The third-order valence-corrected chi connectivity index (χ3v) is 8.71. The number of hydrogen-bond acceptors (Lipinski definition) is 2. The van der Waals surface area contributed by atoms with Crippen molar-refractivity contribution < 1.29 is 9.22 Å². The lowest BCUT2D eigenvalue weighted by Crippen LogP contribution is -2.51. The molecule has 1 aliphatic rings. The quantitative estimate of drug-likeness (QED) is 0.554. The predicted octanol–water partition coefficient (Wildman–Crippen LogP) is 3.91. The highest BCUT2D eigenvalue weighted by Crippen LogP contribution is 2.42. The zero-order chi connectivity index (χ0) is 12.4. The van der Waals surface area contributed by atoms with E-state index in [1.807, 2.05) is 0 Å². The molecule has 0 bridgehead atoms. The fourth-order valence-electron chi connectivity index (χ4n) is 2.06. The van der Waals surface area contributed by atoms with Gasteiger partial charge in [0.15, 0.2) is 14.6 Å². The van der Waals surface area contributed by atoms with Gasteiger partial charge in [-0.3, -0.25) is 0 Å². The summed E-state index contributed by atoms with van der Waals surface area (Å²) in [6.45, 7) is 11.1. The topological polar surface area (TPSA) is 26.3 Å². The van der Waals surface area contributed by atoms with Crippen molar-refractivity contribution in [3.05, 3.63) is 0 Å². The minimum Gasteiger partial charge on any atom is -0.405 e. The van der Waals surface area contributed by atoms with Crippen molar-refractivity contribution in [2.75, 3.05) is 0 Å². The summed E-state index contributed by atoms with van der Waals surface area (Å²) in [7, 11) is -1.82. The third-order valence-electron chi connectivity index (χ3n) is 4.18. The van der Waals surface area contributed by atoms with Crippen LogP contribution in [-0.4, -0.2) is 20.2 Å². The Morgan fingerprint density at radius 3 is 2.00 bits per heavy atom. The van der Waals surface area contributed by atoms with E-state index < -0.39 is 13.9 Å². The molecule has 0 saturated heterocycles. The van der Waals surface area contributed by atoms with Crippen LogP contribution in [0.15, 0.2) is 0 Å². The van der Waals surface area contributed by atoms with E-state index in [1.165, 1.54) is 6.42 Å². The normalized spacial score (nSPS) is 21.8. The van der Waals surface area contributed by atoms with E-state index in [1.54, 1.807) is 0 Å². The van der Waals surface area contributed by atoms with Crippen LogP contribution in [0.25, 0.3) is 0 Å². The number of rotatable bonds is 3. The Morgan fingerprint density at radius 2 is 1.62 bits per heavy atom. The maximum atomic E-state index is 11.4. The van der Waals surface area contributed by atoms with Gasteiger partial charge >= 0.3 is 0 Å². The molecule has 0 heterocycles. The van der Waals surface area contributed by atoms with Gasteiger partial charge < -0.3 is 9.22 Å². The van der Waals surface area contributed by atoms with E-state index in [-0.39, 0.29) is 5.04 Å². The molecule has 0 N–H and O–H groups in total. The molecule has 2 nitrogen and oxygen atoms in total. The van der Waals surface area contributed by atoms with Crippen LogP contribution in [0.3, 0.4) is 0 Å². The van der Waals surface area contributed by atoms with Crippen LogP contribution < -0.4 is 0 Å². The van der Waals surface area contributed by atoms with E-state index in [0.29, 0.717) is 0 Å². The molecule has 0 amide bonds. The average Bonchev–Trinajstić information content (AvgIpc) is 2.17. The Kier molecular flexibility index (Phi) is 4.01. The summed E-state index contributed by atoms with van der Waals surface area (Å²) in [5.41, 5.74) is -0.457. The smallest absolute Gasteiger partial charge is 0.193 e. The second-order valence-electron chi connectivity index (χ2n) is 6.61. The van der Waals surface area contributed by atoms with E-state index >= 15 is 0 Å². The summed E-state index contributed by atoms with van der Waals surface area (Å²) in [4.78, 5) is 11.4. The minimum absolute atomic E-state index is 0.181. The molecule has 0 aromatic carbocycles. The number of carbonyl (C=O) groups is 1. The minimum atomic E-state index is -1.82. The van der Waals surface area contributed by atoms with Crippen molar-refractivity contribution >= 4 is 14.6 Å². The molecule has 0 atom stereocenters. The summed E-state index contributed by atoms with van der Waals surface area (Å²) < 4.78 is 6.35. The molecular weight excluding hydrogens is 216 g/mol. The second-order valence-corrected chi connectivity index (χ2v) is 11.3. The Labute approximate surface area is 101 Å². The first-order valence-corrected chi connectivity index (χ1v) is 9.30. The van der Waals surface area contributed by atoms with Crippen LogP contribution in [-0.2, 0) is 9.22 Å². The molecule has 0 unspecified atom stereocenters. The van der Waals surface area contributed by atoms with Crippen LogP contribution in [0.4, 0.5) is 0 Å². The van der Waals surface area contributed by atoms with Gasteiger partial charge in [0.1, 0.15) is 5.60 Å². The van der Waals surface area contributed by atoms with Crippen LogP contribution in [0.5, 0.6) is 0 Å². The van der Waals surface area contributed by atoms with Gasteiger partial charge in [-0.15, -0.1) is 0 Å². The lowest BCUT2D eigenvalue weighted by Gasteiger charge is -2.44. The largest absolute Gasteiger partial charge is 0.405 e. The van der Waals surface area contributed by atoms with Crippen molar-refractivity contribution in [2.45, 2.75) is 76.6 Å². The van der Waals surface area contributed by atoms with E-state index in [9.17, 15) is 4.79 Å². The van der Waals surface area contributed by atoms with Crippen LogP contribution in [0.2, 0.25) is 18.1 Å². The molecule has 1 rings (SSSR count). The molecule has 0 aromatic heterocycles. The van der Waals surface area contributed by atoms with Crippen molar-refractivity contribution in [2.24, 2.45) is 0 Å². The van der Waals surface area contributed by atoms with Crippen LogP contribution in [0, 0.1) is 0 Å². The van der Waals surface area contributed by atoms with Gasteiger partial charge in [0.2, 0.25) is 0 Å². The summed E-state index contributed by atoms with van der Waals surface area (Å²) in [5.74, 6) is 0. The molecule has 0 radical (unpaired) electrons. The number of aldehydes is 1. The van der Waals surface area contributed by atoms with Gasteiger partial charge in [0.25, 0.3) is 0 Å². The molecule has 0 aromatic rings. The van der Waals surface area contributed by atoms with E-state index in [0.717, 1.165) is 32.0 Å². The maximum Gasteiger partial charge on any atom is 0.193 e. The Morgan fingerprint density at radius 1 is 1.12 bits per heavy atom. The van der Waals surface area contributed by atoms with Crippen molar-refractivity contribution in [1.29, 1.82) is 0 Å². The molecule has 94 valence electrons. The second kappa shape index (κ2) is 4.61. The summed E-state index contributed by atoms with van der Waals surface area (Å²) in [5, 5.41) is 0.181. The van der Waals surface area contributed by atoms with E-state index in [2.05, 4.69) is 33.9 Å². The van der Waals surface area contributed by atoms with Crippen molar-refractivity contribution in [1.82, 2.24) is 0 Å². The lowest BCUT2D eigenvalue weighted by atomic mass is 9.86. The maximum absolute atomic E-state index is 11.4. The van der Waals surface area contributed by atoms with Gasteiger partial charge in [-0.05, 0) is 31.0 Å². The highest BCUT2D eigenvalue weighted by molar-refractivity contribution is 6.74. The fraction of sp³-hybridized carbons (Fsp3) is 0.923. The van der Waals surface area contributed by atoms with Gasteiger partial charge in [0.05, 0.1) is 0 Å². The molecule has 0 aliphatic heterocycles. The zero-order valence-corrected chi connectivity index (χ0v) is 12.4. The summed E-state index contributed by atoms with van der Waals surface area (Å²) >= 11 is 0. The first-order chi connectivity index (χ1) is 7.22. The monoisotopic (exact) mass is 242 g/mol. The summed E-state index contributed by atoms with van der Waals surface area (Å²) in [6, 6.07) is 0. The highest BCUT2D eigenvalue weighted by atomic mass is 28.4. The lowest BCUT2D eigenvalue weighted by molar-refractivity contribution is -0.125. The molecule has 1 fully saturated rings. The molecular formula is C13H26O2Si. The molecule has 3 heteroatoms. The standard InChI is InChI=1S/C13H26O2Si/c1-12(2,3)16(4,5)15-13(11-14)9-7-6-8-10-13/h11H,6-10H2,1-5H3. The Balaban J connectivity index is 2.80. The van der Waals surface area contributed by atoms with Crippen molar-refractivity contribution in [3.63, 3.8) is 0 Å². The van der Waals surface area contributed by atoms with E-state index in [4.69, 9.17) is 4.43 Å². The number of carbonyl (C=O) groups excluding carboxylic acids is 1. The highest BCUT2D eigenvalue weighted by Gasteiger charge is 2.45. The van der Waals surface area contributed by atoms with Crippen molar-refractivity contribution in [3.8, 4) is 0 Å². The molecule has 0 spiro atoms. The Bertz CT molecular complexity index is 247. The summed E-state index contributed by atoms with van der Waals surface area (Å²) in [6.07, 6.45) is 6.43. The number of hydrogen-bond donors (Lipinski definition) is 0. The first kappa shape index (κ1) is 13.9. The molecule has 16 heavy (non-hydrogen) atoms.